The smallest absolute Gasteiger partial charge is 0.253 e. The average molecular weight is 570 g/mol. The molecule has 3 heterocycles. The molecule has 0 unspecified atom stereocenters. The molecule has 2 amide bonds. The fourth-order valence-electron chi connectivity index (χ4n) is 5.55. The van der Waals surface area contributed by atoms with E-state index in [0.717, 1.165) is 23.1 Å². The number of amidine groups is 1. The molecule has 5 rings (SSSR count). The summed E-state index contributed by atoms with van der Waals surface area (Å²) in [4.78, 5) is 35.9. The molecule has 0 saturated carbocycles. The Morgan fingerprint density at radius 3 is 2.50 bits per heavy atom. The number of aryl methyl sites for hydroxylation is 2. The fourth-order valence-corrected chi connectivity index (χ4v) is 6.72. The highest BCUT2D eigenvalue weighted by molar-refractivity contribution is 7.92. The van der Waals surface area contributed by atoms with E-state index in [-0.39, 0.29) is 49.5 Å². The lowest BCUT2D eigenvalue weighted by molar-refractivity contribution is -0.124. The Kier molecular flexibility index (Phi) is 7.51. The first-order valence-electron chi connectivity index (χ1n) is 13.2. The van der Waals surface area contributed by atoms with Crippen LogP contribution in [0.4, 0.5) is 4.53 Å². The van der Waals surface area contributed by atoms with Crippen molar-refractivity contribution >= 4 is 33.7 Å². The van der Waals surface area contributed by atoms with Crippen LogP contribution >= 0.6 is 0 Å². The van der Waals surface area contributed by atoms with Gasteiger partial charge in [0.05, 0.1) is 0 Å². The molecule has 2 fully saturated rings. The number of nitrogens with one attached hydrogen (secondary N) is 1. The molecule has 2 aromatic carbocycles. The number of carbonyl (C=O) groups is 2. The van der Waals surface area contributed by atoms with Crippen LogP contribution in [-0.4, -0.2) is 73.0 Å². The number of nitrogens with zero attached hydrogens (tertiary/aromatic N) is 3. The summed E-state index contributed by atoms with van der Waals surface area (Å²) in [5.41, 5.74) is 8.25. The highest BCUT2D eigenvalue weighted by atomic mass is 32.2. The van der Waals surface area contributed by atoms with Crippen molar-refractivity contribution in [1.29, 1.82) is 0 Å². The minimum absolute atomic E-state index is 0.00490. The lowest BCUT2D eigenvalue weighted by Gasteiger charge is -2.34. The Morgan fingerprint density at radius 1 is 1.18 bits per heavy atom. The number of hydrogen-bond acceptors (Lipinski definition) is 7. The van der Waals surface area contributed by atoms with E-state index in [1.165, 1.54) is 21.8 Å². The van der Waals surface area contributed by atoms with Crippen molar-refractivity contribution in [3.63, 3.8) is 0 Å². The van der Waals surface area contributed by atoms with Crippen molar-refractivity contribution in [1.82, 2.24) is 14.5 Å². The van der Waals surface area contributed by atoms with Gasteiger partial charge in [0.15, 0.2) is 5.75 Å². The lowest BCUT2D eigenvalue weighted by atomic mass is 9.89. The third-order valence-electron chi connectivity index (χ3n) is 7.85. The standard InChI is InChI=1S/C28H32FN5O5S/c1-18-14-21(26(35)33-10-6-22(30)17-33)15-19(2)24(18)7-13-40(37,38)34-11-8-28(9-12-34)27(36)31-25(32-28)20-4-3-5-23(16-20)39-29/h3-5,7,13-16,22H,6,8-12,17,30H2,1-2H3,(H,31,32,36)/b13-7+/t22-/m1/s1. The number of piperidine rings is 1. The maximum absolute atomic E-state index is 13.2. The summed E-state index contributed by atoms with van der Waals surface area (Å²) in [6, 6.07) is 9.68. The van der Waals surface area contributed by atoms with Gasteiger partial charge in [-0.1, -0.05) is 12.1 Å². The lowest BCUT2D eigenvalue weighted by Crippen LogP contribution is -2.50. The van der Waals surface area contributed by atoms with Gasteiger partial charge in [0.25, 0.3) is 11.8 Å². The summed E-state index contributed by atoms with van der Waals surface area (Å²) in [7, 11) is -3.77. The number of sulfonamides is 1. The van der Waals surface area contributed by atoms with Crippen molar-refractivity contribution in [3.05, 3.63) is 69.6 Å². The molecule has 3 aliphatic rings. The highest BCUT2D eigenvalue weighted by Gasteiger charge is 2.47. The van der Waals surface area contributed by atoms with Gasteiger partial charge < -0.3 is 16.0 Å². The second-order valence-electron chi connectivity index (χ2n) is 10.6. The zero-order chi connectivity index (χ0) is 28.7. The number of halogens is 1. The molecule has 12 heteroatoms. The molecule has 0 aromatic heterocycles. The van der Waals surface area contributed by atoms with E-state index in [2.05, 4.69) is 15.3 Å². The third kappa shape index (κ3) is 5.38. The summed E-state index contributed by atoms with van der Waals surface area (Å²) in [5, 5.41) is 3.92. The first kappa shape index (κ1) is 27.9. The predicted octanol–water partition coefficient (Wildman–Crippen LogP) is 2.45. The molecular formula is C28H32FN5O5S. The molecule has 0 radical (unpaired) electrons. The number of benzene rings is 2. The Balaban J connectivity index is 1.27. The van der Waals surface area contributed by atoms with Crippen LogP contribution in [0, 0.1) is 13.8 Å². The van der Waals surface area contributed by atoms with Gasteiger partial charge in [0.1, 0.15) is 11.4 Å². The van der Waals surface area contributed by atoms with Crippen molar-refractivity contribution in [2.45, 2.75) is 44.7 Å². The van der Waals surface area contributed by atoms with E-state index >= 15 is 0 Å². The van der Waals surface area contributed by atoms with Crippen LogP contribution in [0.1, 0.15) is 51.9 Å². The molecule has 3 N–H and O–H groups in total. The van der Waals surface area contributed by atoms with Gasteiger partial charge in [-0.25, -0.2) is 8.42 Å². The minimum Gasteiger partial charge on any atom is -0.337 e. The first-order chi connectivity index (χ1) is 19.0. The number of amides is 2. The molecule has 3 aliphatic heterocycles. The van der Waals surface area contributed by atoms with E-state index in [1.807, 2.05) is 13.8 Å². The largest absolute Gasteiger partial charge is 0.337 e. The van der Waals surface area contributed by atoms with Gasteiger partial charge in [0, 0.05) is 53.3 Å². The molecule has 2 saturated heterocycles. The molecular weight excluding hydrogens is 537 g/mol. The van der Waals surface area contributed by atoms with Gasteiger partial charge in [-0.2, -0.15) is 4.31 Å². The van der Waals surface area contributed by atoms with E-state index in [1.54, 1.807) is 35.2 Å². The Hall–Kier alpha value is -3.61. The molecule has 10 nitrogen and oxygen atoms in total. The number of hydrogen-bond donors (Lipinski definition) is 2. The summed E-state index contributed by atoms with van der Waals surface area (Å²) in [6.07, 6.45) is 2.76. The number of nitrogens with two attached hydrogens (primary N) is 1. The van der Waals surface area contributed by atoms with Gasteiger partial charge in [-0.3, -0.25) is 19.5 Å². The third-order valence-corrected chi connectivity index (χ3v) is 9.41. The van der Waals surface area contributed by atoms with Crippen LogP contribution in [0.15, 0.2) is 46.8 Å². The summed E-state index contributed by atoms with van der Waals surface area (Å²) in [6.45, 7) is 5.09. The van der Waals surface area contributed by atoms with Crippen molar-refractivity contribution in [2.24, 2.45) is 10.7 Å². The van der Waals surface area contributed by atoms with Crippen molar-refractivity contribution < 1.29 is 27.5 Å². The van der Waals surface area contributed by atoms with Crippen molar-refractivity contribution in [3.8, 4) is 5.75 Å². The summed E-state index contributed by atoms with van der Waals surface area (Å²) < 4.78 is 40.3. The van der Waals surface area contributed by atoms with E-state index in [4.69, 9.17) is 5.73 Å². The van der Waals surface area contributed by atoms with Gasteiger partial charge in [-0.15, -0.1) is 0 Å². The number of aliphatic imine (C=N–C) groups is 1. The number of carbonyl (C=O) groups excluding carboxylic acids is 2. The van der Waals surface area contributed by atoms with Crippen molar-refractivity contribution in [2.75, 3.05) is 26.2 Å². The van der Waals surface area contributed by atoms with Crippen LogP contribution in [0.25, 0.3) is 6.08 Å². The van der Waals surface area contributed by atoms with Gasteiger partial charge >= 0.3 is 0 Å². The zero-order valence-electron chi connectivity index (χ0n) is 22.4. The average Bonchev–Trinajstić information content (AvgIpc) is 3.51. The van der Waals surface area contributed by atoms with Crippen LogP contribution < -0.4 is 16.0 Å². The van der Waals surface area contributed by atoms with Crippen LogP contribution in [0.5, 0.6) is 5.75 Å². The van der Waals surface area contributed by atoms with E-state index in [0.29, 0.717) is 30.1 Å². The topological polar surface area (TPSA) is 134 Å². The summed E-state index contributed by atoms with van der Waals surface area (Å²) in [5.74, 6) is -0.0834. The van der Waals surface area contributed by atoms with Crippen LogP contribution in [0.3, 0.4) is 0 Å². The van der Waals surface area contributed by atoms with Crippen LogP contribution in [-0.2, 0) is 14.8 Å². The molecule has 40 heavy (non-hydrogen) atoms. The van der Waals surface area contributed by atoms with Gasteiger partial charge in [0.2, 0.25) is 10.0 Å². The molecule has 2 aromatic rings. The first-order valence-corrected chi connectivity index (χ1v) is 14.7. The van der Waals surface area contributed by atoms with E-state index in [9.17, 15) is 22.5 Å². The predicted molar refractivity (Wildman–Crippen MR) is 149 cm³/mol. The maximum atomic E-state index is 13.2. The normalized spacial score (nSPS) is 21.2. The number of likely N-dealkylation sites (tertiary alicyclic amines) is 1. The van der Waals surface area contributed by atoms with Crippen LogP contribution in [0.2, 0.25) is 0 Å². The monoisotopic (exact) mass is 569 g/mol. The molecule has 0 aliphatic carbocycles. The Bertz CT molecular complexity index is 1490. The second kappa shape index (κ2) is 10.8. The van der Waals surface area contributed by atoms with Gasteiger partial charge in [-0.05, 0) is 80.1 Å². The SMILES string of the molecule is Cc1cc(C(=O)N2CC[C@@H](N)C2)cc(C)c1/C=C/S(=O)(=O)N1CCC2(CC1)N=C(c1cccc(OF)c1)NC2=O. The second-order valence-corrected chi connectivity index (χ2v) is 12.4. The molecule has 1 spiro atoms. The minimum atomic E-state index is -3.77. The quantitative estimate of drug-likeness (QED) is 0.549. The van der Waals surface area contributed by atoms with E-state index < -0.39 is 15.6 Å². The molecule has 1 atom stereocenters. The Labute approximate surface area is 232 Å². The highest BCUT2D eigenvalue weighted by Crippen LogP contribution is 2.33. The summed E-state index contributed by atoms with van der Waals surface area (Å²) >= 11 is 0. The fraction of sp³-hybridized carbons (Fsp3) is 0.393. The molecule has 0 bridgehead atoms. The molecule has 212 valence electrons. The zero-order valence-corrected chi connectivity index (χ0v) is 23.2. The maximum Gasteiger partial charge on any atom is 0.253 e. The Morgan fingerprint density at radius 2 is 1.88 bits per heavy atom. The number of rotatable bonds is 6.